The molecule has 0 atom stereocenters. The van der Waals surface area contributed by atoms with E-state index in [2.05, 4.69) is 0 Å². The average Bonchev–Trinajstić information content (AvgIpc) is 2.18. The van der Waals surface area contributed by atoms with Crippen molar-refractivity contribution >= 4 is 11.9 Å². The number of hydrogen-bond donors (Lipinski definition) is 1. The molecule has 1 aromatic rings. The molecule has 4 nitrogen and oxygen atoms in total. The van der Waals surface area contributed by atoms with E-state index in [0.29, 0.717) is 5.75 Å². The molecule has 0 fully saturated rings. The summed E-state index contributed by atoms with van der Waals surface area (Å²) in [6, 6.07) is 6.99. The number of rotatable bonds is 3. The molecule has 0 saturated carbocycles. The fourth-order valence-corrected chi connectivity index (χ4v) is 0.953. The molecule has 1 N–H and O–H groups in total. The Bertz CT molecular complexity index is 407. The van der Waals surface area contributed by atoms with Crippen molar-refractivity contribution < 1.29 is 19.4 Å². The summed E-state index contributed by atoms with van der Waals surface area (Å²) in [7, 11) is 0. The first-order chi connectivity index (χ1) is 7.09. The third-order valence-electron chi connectivity index (χ3n) is 1.67. The number of aliphatic carboxylic acids is 1. The van der Waals surface area contributed by atoms with E-state index in [1.165, 1.54) is 0 Å². The van der Waals surface area contributed by atoms with Crippen molar-refractivity contribution in [3.63, 3.8) is 0 Å². The molecule has 0 aliphatic carbocycles. The van der Waals surface area contributed by atoms with Gasteiger partial charge in [0.25, 0.3) is 0 Å². The van der Waals surface area contributed by atoms with Crippen LogP contribution in [0.5, 0.6) is 5.75 Å². The maximum Gasteiger partial charge on any atom is 0.336 e. The summed E-state index contributed by atoms with van der Waals surface area (Å²) in [5.41, 5.74) is 0.814. The summed E-state index contributed by atoms with van der Waals surface area (Å²) in [5, 5.41) is 8.29. The lowest BCUT2D eigenvalue weighted by Crippen LogP contribution is -2.05. The monoisotopic (exact) mass is 206 g/mol. The first-order valence-corrected chi connectivity index (χ1v) is 4.28. The Kier molecular flexibility index (Phi) is 3.62. The first kappa shape index (κ1) is 11.0. The molecule has 0 spiro atoms. The molecule has 0 aromatic heterocycles. The zero-order valence-corrected chi connectivity index (χ0v) is 8.14. The molecule has 0 aliphatic rings. The van der Waals surface area contributed by atoms with Crippen LogP contribution < -0.4 is 4.74 Å². The summed E-state index contributed by atoms with van der Waals surface area (Å²) in [6.07, 6.45) is 1.61. The summed E-state index contributed by atoms with van der Waals surface area (Å²) in [4.78, 5) is 21.2. The molecule has 0 aliphatic heterocycles. The Balaban J connectivity index is 2.67. The number of carbonyl (C=O) groups is 2. The van der Waals surface area contributed by atoms with Crippen LogP contribution in [-0.4, -0.2) is 17.0 Å². The Labute approximate surface area is 86.8 Å². The standard InChI is InChI=1S/C11H10O4/c1-8-4-2-3-5-9(8)15-11(14)7-6-10(12)13/h2-7H,1H3,(H,12,13). The second-order valence-corrected chi connectivity index (χ2v) is 2.86. The molecular formula is C11H10O4. The van der Waals surface area contributed by atoms with Crippen LogP contribution in [0.1, 0.15) is 5.56 Å². The first-order valence-electron chi connectivity index (χ1n) is 4.28. The van der Waals surface area contributed by atoms with Gasteiger partial charge in [-0.25, -0.2) is 9.59 Å². The molecule has 0 heterocycles. The molecule has 0 bridgehead atoms. The van der Waals surface area contributed by atoms with Gasteiger partial charge in [-0.15, -0.1) is 0 Å². The molecule has 15 heavy (non-hydrogen) atoms. The van der Waals surface area contributed by atoms with Crippen LogP contribution in [0.2, 0.25) is 0 Å². The molecule has 78 valence electrons. The van der Waals surface area contributed by atoms with Crippen LogP contribution >= 0.6 is 0 Å². The summed E-state index contributed by atoms with van der Waals surface area (Å²) in [6.45, 7) is 1.80. The average molecular weight is 206 g/mol. The van der Waals surface area contributed by atoms with Crippen LogP contribution in [-0.2, 0) is 9.59 Å². The molecule has 1 aromatic carbocycles. The molecule has 4 heteroatoms. The third-order valence-corrected chi connectivity index (χ3v) is 1.67. The number of hydrogen-bond acceptors (Lipinski definition) is 3. The van der Waals surface area contributed by atoms with E-state index in [0.717, 1.165) is 17.7 Å². The van der Waals surface area contributed by atoms with Crippen LogP contribution in [0.15, 0.2) is 36.4 Å². The maximum absolute atomic E-state index is 11.1. The highest BCUT2D eigenvalue weighted by Crippen LogP contribution is 2.16. The molecule has 1 rings (SSSR count). The highest BCUT2D eigenvalue weighted by atomic mass is 16.5. The molecule has 0 saturated heterocycles. The lowest BCUT2D eigenvalue weighted by Gasteiger charge is -2.03. The minimum Gasteiger partial charge on any atom is -0.478 e. The van der Waals surface area contributed by atoms with Crippen molar-refractivity contribution in [2.45, 2.75) is 6.92 Å². The van der Waals surface area contributed by atoms with Gasteiger partial charge in [0.1, 0.15) is 5.75 Å². The van der Waals surface area contributed by atoms with Gasteiger partial charge in [-0.3, -0.25) is 0 Å². The lowest BCUT2D eigenvalue weighted by atomic mass is 10.2. The summed E-state index contributed by atoms with van der Waals surface area (Å²) < 4.78 is 4.91. The number of para-hydroxylation sites is 1. The fourth-order valence-electron chi connectivity index (χ4n) is 0.953. The third kappa shape index (κ3) is 3.64. The van der Waals surface area contributed by atoms with E-state index < -0.39 is 11.9 Å². The zero-order valence-electron chi connectivity index (χ0n) is 8.14. The SMILES string of the molecule is Cc1ccccc1OC(=O)C=CC(=O)O. The number of esters is 1. The molecule has 0 unspecified atom stereocenters. The zero-order chi connectivity index (χ0) is 11.3. The quantitative estimate of drug-likeness (QED) is 0.463. The number of carboxylic acids is 1. The van der Waals surface area contributed by atoms with Gasteiger partial charge in [0, 0.05) is 12.2 Å². The second kappa shape index (κ2) is 4.95. The lowest BCUT2D eigenvalue weighted by molar-refractivity contribution is -0.133. The van der Waals surface area contributed by atoms with E-state index in [4.69, 9.17) is 9.84 Å². The van der Waals surface area contributed by atoms with Crippen LogP contribution in [0.3, 0.4) is 0 Å². The number of ether oxygens (including phenoxy) is 1. The van der Waals surface area contributed by atoms with Gasteiger partial charge in [0.05, 0.1) is 0 Å². The number of benzene rings is 1. The van der Waals surface area contributed by atoms with Gasteiger partial charge in [-0.1, -0.05) is 18.2 Å². The summed E-state index contributed by atoms with van der Waals surface area (Å²) >= 11 is 0. The number of carbonyl (C=O) groups excluding carboxylic acids is 1. The van der Waals surface area contributed by atoms with Crippen molar-refractivity contribution in [3.05, 3.63) is 42.0 Å². The Morgan fingerprint density at radius 3 is 2.53 bits per heavy atom. The van der Waals surface area contributed by atoms with E-state index in [-0.39, 0.29) is 0 Å². The Hall–Kier alpha value is -2.10. The highest BCUT2D eigenvalue weighted by molar-refractivity contribution is 5.91. The molecule has 0 amide bonds. The van der Waals surface area contributed by atoms with Gasteiger partial charge < -0.3 is 9.84 Å². The Morgan fingerprint density at radius 2 is 1.93 bits per heavy atom. The number of aryl methyl sites for hydroxylation is 1. The minimum absolute atomic E-state index is 0.428. The number of carboxylic acid groups (broad SMARTS) is 1. The van der Waals surface area contributed by atoms with Crippen LogP contribution in [0.4, 0.5) is 0 Å². The van der Waals surface area contributed by atoms with Gasteiger partial charge >= 0.3 is 11.9 Å². The van der Waals surface area contributed by atoms with E-state index >= 15 is 0 Å². The van der Waals surface area contributed by atoms with Crippen molar-refractivity contribution in [2.75, 3.05) is 0 Å². The predicted octanol–water partition coefficient (Wildman–Crippen LogP) is 1.54. The van der Waals surface area contributed by atoms with Crippen molar-refractivity contribution in [1.29, 1.82) is 0 Å². The normalized spacial score (nSPS) is 10.2. The van der Waals surface area contributed by atoms with E-state index in [1.807, 2.05) is 6.07 Å². The predicted molar refractivity (Wildman–Crippen MR) is 53.6 cm³/mol. The molecular weight excluding hydrogens is 196 g/mol. The fraction of sp³-hybridized carbons (Fsp3) is 0.0909. The Morgan fingerprint density at radius 1 is 1.27 bits per heavy atom. The van der Waals surface area contributed by atoms with E-state index in [9.17, 15) is 9.59 Å². The van der Waals surface area contributed by atoms with Crippen molar-refractivity contribution in [3.8, 4) is 5.75 Å². The van der Waals surface area contributed by atoms with Gasteiger partial charge in [-0.2, -0.15) is 0 Å². The smallest absolute Gasteiger partial charge is 0.336 e. The topological polar surface area (TPSA) is 63.6 Å². The molecule has 0 radical (unpaired) electrons. The highest BCUT2D eigenvalue weighted by Gasteiger charge is 2.03. The van der Waals surface area contributed by atoms with Crippen LogP contribution in [0.25, 0.3) is 0 Å². The van der Waals surface area contributed by atoms with Crippen molar-refractivity contribution in [1.82, 2.24) is 0 Å². The maximum atomic E-state index is 11.1. The largest absolute Gasteiger partial charge is 0.478 e. The van der Waals surface area contributed by atoms with Gasteiger partial charge in [0.2, 0.25) is 0 Å². The van der Waals surface area contributed by atoms with Crippen LogP contribution in [0, 0.1) is 6.92 Å². The second-order valence-electron chi connectivity index (χ2n) is 2.86. The van der Waals surface area contributed by atoms with Crippen molar-refractivity contribution in [2.24, 2.45) is 0 Å². The van der Waals surface area contributed by atoms with E-state index in [1.54, 1.807) is 25.1 Å². The summed E-state index contributed by atoms with van der Waals surface area (Å²) in [5.74, 6) is -1.46. The minimum atomic E-state index is -1.18. The van der Waals surface area contributed by atoms with Gasteiger partial charge in [-0.05, 0) is 18.6 Å². The van der Waals surface area contributed by atoms with Gasteiger partial charge in [0.15, 0.2) is 0 Å².